The molecule has 2 N–H and O–H groups in total. The SMILES string of the molecule is Cc1cccc(C)c1OCC(=O)N(CO)/N=C/c1cccc2[nH]ccc12. The molecule has 1 amide bonds. The Hall–Kier alpha value is -3.12. The summed E-state index contributed by atoms with van der Waals surface area (Å²) in [6.07, 6.45) is 3.40. The highest BCUT2D eigenvalue weighted by molar-refractivity contribution is 5.98. The number of aliphatic hydroxyl groups excluding tert-OH is 1. The minimum Gasteiger partial charge on any atom is -0.483 e. The summed E-state index contributed by atoms with van der Waals surface area (Å²) in [4.78, 5) is 15.4. The number of hydrazone groups is 1. The Bertz CT molecular complexity index is 926. The number of aliphatic hydroxyl groups is 1. The topological polar surface area (TPSA) is 77.9 Å². The third-order valence-electron chi connectivity index (χ3n) is 4.14. The highest BCUT2D eigenvalue weighted by Crippen LogP contribution is 2.22. The number of carbonyl (C=O) groups is 1. The zero-order valence-corrected chi connectivity index (χ0v) is 14.8. The summed E-state index contributed by atoms with van der Waals surface area (Å²) in [5.41, 5.74) is 3.74. The van der Waals surface area contributed by atoms with E-state index in [0.29, 0.717) is 5.75 Å². The fraction of sp³-hybridized carbons (Fsp3) is 0.200. The van der Waals surface area contributed by atoms with Crippen LogP contribution >= 0.6 is 0 Å². The number of aromatic amines is 1. The van der Waals surface area contributed by atoms with Crippen molar-refractivity contribution in [2.24, 2.45) is 5.10 Å². The van der Waals surface area contributed by atoms with Gasteiger partial charge in [0, 0.05) is 22.7 Å². The number of nitrogens with one attached hydrogen (secondary N) is 1. The van der Waals surface area contributed by atoms with E-state index in [9.17, 15) is 9.90 Å². The van der Waals surface area contributed by atoms with Crippen LogP contribution in [0.4, 0.5) is 0 Å². The number of fused-ring (bicyclic) bond motifs is 1. The lowest BCUT2D eigenvalue weighted by molar-refractivity contribution is -0.137. The second-order valence-corrected chi connectivity index (χ2v) is 5.98. The van der Waals surface area contributed by atoms with Gasteiger partial charge in [0.25, 0.3) is 5.91 Å². The largest absolute Gasteiger partial charge is 0.483 e. The van der Waals surface area contributed by atoms with Gasteiger partial charge in [-0.1, -0.05) is 30.3 Å². The lowest BCUT2D eigenvalue weighted by atomic mass is 10.1. The number of H-pyrrole nitrogens is 1. The quantitative estimate of drug-likeness (QED) is 0.407. The van der Waals surface area contributed by atoms with Gasteiger partial charge >= 0.3 is 0 Å². The molecule has 134 valence electrons. The maximum absolute atomic E-state index is 12.3. The molecule has 1 heterocycles. The molecule has 0 aliphatic heterocycles. The van der Waals surface area contributed by atoms with E-state index in [2.05, 4.69) is 10.1 Å². The molecule has 6 nitrogen and oxygen atoms in total. The molecule has 6 heteroatoms. The normalized spacial score (nSPS) is 11.2. The van der Waals surface area contributed by atoms with E-state index in [1.807, 2.05) is 62.5 Å². The van der Waals surface area contributed by atoms with Crippen molar-refractivity contribution in [3.05, 3.63) is 65.4 Å². The number of benzene rings is 2. The first-order valence-electron chi connectivity index (χ1n) is 8.30. The molecule has 0 aliphatic carbocycles. The van der Waals surface area contributed by atoms with Crippen molar-refractivity contribution in [1.82, 2.24) is 9.99 Å². The zero-order chi connectivity index (χ0) is 18.5. The number of hydrogen-bond acceptors (Lipinski definition) is 4. The van der Waals surface area contributed by atoms with Crippen LogP contribution in [0.15, 0.2) is 53.8 Å². The van der Waals surface area contributed by atoms with Crippen LogP contribution in [0.25, 0.3) is 10.9 Å². The van der Waals surface area contributed by atoms with Crippen molar-refractivity contribution in [2.45, 2.75) is 13.8 Å². The average molecular weight is 351 g/mol. The van der Waals surface area contributed by atoms with Crippen molar-refractivity contribution < 1.29 is 14.6 Å². The lowest BCUT2D eigenvalue weighted by Crippen LogP contribution is -2.31. The van der Waals surface area contributed by atoms with Crippen LogP contribution in [0.2, 0.25) is 0 Å². The van der Waals surface area contributed by atoms with E-state index in [-0.39, 0.29) is 6.61 Å². The number of carbonyl (C=O) groups excluding carboxylic acids is 1. The van der Waals surface area contributed by atoms with Gasteiger partial charge in [0.15, 0.2) is 6.61 Å². The molecule has 0 saturated carbocycles. The Labute approximate surface area is 151 Å². The van der Waals surface area contributed by atoms with Crippen LogP contribution in [-0.4, -0.2) is 40.6 Å². The van der Waals surface area contributed by atoms with Crippen LogP contribution in [0.3, 0.4) is 0 Å². The molecule has 0 bridgehead atoms. The van der Waals surface area contributed by atoms with E-state index in [4.69, 9.17) is 4.74 Å². The Kier molecular flexibility index (Phi) is 5.34. The van der Waals surface area contributed by atoms with Crippen molar-refractivity contribution in [3.63, 3.8) is 0 Å². The third kappa shape index (κ3) is 3.75. The number of aryl methyl sites for hydroxylation is 2. The molecule has 3 rings (SSSR count). The summed E-state index contributed by atoms with van der Waals surface area (Å²) in [5.74, 6) is 0.257. The third-order valence-corrected chi connectivity index (χ3v) is 4.14. The number of amides is 1. The first kappa shape index (κ1) is 17.7. The van der Waals surface area contributed by atoms with E-state index < -0.39 is 12.6 Å². The van der Waals surface area contributed by atoms with Gasteiger partial charge in [0.1, 0.15) is 12.5 Å². The van der Waals surface area contributed by atoms with Gasteiger partial charge in [-0.2, -0.15) is 5.10 Å². The number of rotatable bonds is 6. The summed E-state index contributed by atoms with van der Waals surface area (Å²) in [6, 6.07) is 13.5. The van der Waals surface area contributed by atoms with Crippen LogP contribution in [-0.2, 0) is 4.79 Å². The second-order valence-electron chi connectivity index (χ2n) is 5.98. The molecule has 0 spiro atoms. The molecule has 2 aromatic carbocycles. The van der Waals surface area contributed by atoms with Crippen molar-refractivity contribution in [3.8, 4) is 5.75 Å². The van der Waals surface area contributed by atoms with E-state index in [0.717, 1.165) is 32.6 Å². The minimum atomic E-state index is -0.519. The summed E-state index contributed by atoms with van der Waals surface area (Å²) in [6.45, 7) is 3.13. The Morgan fingerprint density at radius 3 is 2.65 bits per heavy atom. The van der Waals surface area contributed by atoms with Crippen molar-refractivity contribution in [1.29, 1.82) is 0 Å². The van der Waals surface area contributed by atoms with Crippen LogP contribution in [0, 0.1) is 13.8 Å². The molecule has 0 fully saturated rings. The first-order valence-corrected chi connectivity index (χ1v) is 8.30. The van der Waals surface area contributed by atoms with Gasteiger partial charge in [-0.15, -0.1) is 0 Å². The highest BCUT2D eigenvalue weighted by atomic mass is 16.5. The zero-order valence-electron chi connectivity index (χ0n) is 14.8. The Morgan fingerprint density at radius 2 is 1.92 bits per heavy atom. The highest BCUT2D eigenvalue weighted by Gasteiger charge is 2.14. The number of para-hydroxylation sites is 1. The maximum atomic E-state index is 12.3. The number of hydrogen-bond donors (Lipinski definition) is 2. The predicted molar refractivity (Wildman–Crippen MR) is 101 cm³/mol. The van der Waals surface area contributed by atoms with Crippen LogP contribution in [0.5, 0.6) is 5.75 Å². The standard InChI is InChI=1S/C20H21N3O3/c1-14-5-3-6-15(2)20(14)26-12-19(25)23(13-24)22-11-16-7-4-8-18-17(16)9-10-21-18/h3-11,21,24H,12-13H2,1-2H3/b22-11+. The molecule has 0 saturated heterocycles. The van der Waals surface area contributed by atoms with Gasteiger partial charge < -0.3 is 14.8 Å². The van der Waals surface area contributed by atoms with Gasteiger partial charge in [-0.05, 0) is 37.1 Å². The van der Waals surface area contributed by atoms with Crippen LogP contribution < -0.4 is 4.74 Å². The number of ether oxygens (including phenoxy) is 1. The van der Waals surface area contributed by atoms with E-state index >= 15 is 0 Å². The molecule has 3 aromatic rings. The molecule has 1 aromatic heterocycles. The summed E-state index contributed by atoms with van der Waals surface area (Å²) >= 11 is 0. The smallest absolute Gasteiger partial charge is 0.282 e. The first-order chi connectivity index (χ1) is 12.6. The molecular weight excluding hydrogens is 330 g/mol. The molecule has 0 unspecified atom stereocenters. The predicted octanol–water partition coefficient (Wildman–Crippen LogP) is 2.98. The lowest BCUT2D eigenvalue weighted by Gasteiger charge is -2.16. The second kappa shape index (κ2) is 7.84. The monoisotopic (exact) mass is 351 g/mol. The van der Waals surface area contributed by atoms with Gasteiger partial charge in [-0.25, -0.2) is 5.01 Å². The van der Waals surface area contributed by atoms with Gasteiger partial charge in [0.2, 0.25) is 0 Å². The van der Waals surface area contributed by atoms with Gasteiger partial charge in [0.05, 0.1) is 6.21 Å². The van der Waals surface area contributed by atoms with Gasteiger partial charge in [-0.3, -0.25) is 4.79 Å². The van der Waals surface area contributed by atoms with E-state index in [1.54, 1.807) is 6.21 Å². The molecule has 26 heavy (non-hydrogen) atoms. The Morgan fingerprint density at radius 1 is 1.19 bits per heavy atom. The number of nitrogens with zero attached hydrogens (tertiary/aromatic N) is 2. The minimum absolute atomic E-state index is 0.196. The molecule has 0 radical (unpaired) electrons. The summed E-state index contributed by atoms with van der Waals surface area (Å²) < 4.78 is 5.64. The van der Waals surface area contributed by atoms with Crippen LogP contribution in [0.1, 0.15) is 16.7 Å². The number of aromatic nitrogens is 1. The molecular formula is C20H21N3O3. The fourth-order valence-corrected chi connectivity index (χ4v) is 2.77. The van der Waals surface area contributed by atoms with Crippen molar-refractivity contribution >= 4 is 23.0 Å². The maximum Gasteiger partial charge on any atom is 0.282 e. The molecule has 0 aliphatic rings. The fourth-order valence-electron chi connectivity index (χ4n) is 2.77. The molecule has 0 atom stereocenters. The van der Waals surface area contributed by atoms with Crippen molar-refractivity contribution in [2.75, 3.05) is 13.3 Å². The van der Waals surface area contributed by atoms with E-state index in [1.165, 1.54) is 0 Å². The Balaban J connectivity index is 1.70. The summed E-state index contributed by atoms with van der Waals surface area (Å²) in [7, 11) is 0. The summed E-state index contributed by atoms with van der Waals surface area (Å²) in [5, 5.41) is 15.6. The average Bonchev–Trinajstić information content (AvgIpc) is 3.11.